The zero-order valence-corrected chi connectivity index (χ0v) is 12.5. The largest absolute Gasteiger partial charge is 0.396 e. The van der Waals surface area contributed by atoms with E-state index >= 15 is 0 Å². The maximum Gasteiger partial charge on any atom is 0.0438 e. The molecule has 1 saturated carbocycles. The topological polar surface area (TPSA) is 32.3 Å². The van der Waals surface area contributed by atoms with Crippen molar-refractivity contribution >= 4 is 11.8 Å². The van der Waals surface area contributed by atoms with Gasteiger partial charge in [-0.25, -0.2) is 0 Å². The van der Waals surface area contributed by atoms with E-state index in [1.807, 2.05) is 11.8 Å². The SMILES string of the molecule is CC1CC(C)(C)CCC1NCCSCCCO. The molecule has 3 heteroatoms. The maximum atomic E-state index is 8.68. The van der Waals surface area contributed by atoms with Gasteiger partial charge in [-0.05, 0) is 42.8 Å². The van der Waals surface area contributed by atoms with Gasteiger partial charge in [0.05, 0.1) is 0 Å². The van der Waals surface area contributed by atoms with Crippen molar-refractivity contribution in [1.29, 1.82) is 0 Å². The quantitative estimate of drug-likeness (QED) is 0.690. The summed E-state index contributed by atoms with van der Waals surface area (Å²) in [6.07, 6.45) is 4.96. The average Bonchev–Trinajstić information content (AvgIpc) is 2.25. The molecule has 0 bridgehead atoms. The van der Waals surface area contributed by atoms with E-state index in [-0.39, 0.29) is 0 Å². The molecule has 2 N–H and O–H groups in total. The molecule has 2 atom stereocenters. The zero-order valence-electron chi connectivity index (χ0n) is 11.7. The Labute approximate surface area is 111 Å². The van der Waals surface area contributed by atoms with Crippen LogP contribution in [-0.2, 0) is 0 Å². The van der Waals surface area contributed by atoms with Crippen molar-refractivity contribution in [3.05, 3.63) is 0 Å². The van der Waals surface area contributed by atoms with Crippen LogP contribution in [0.1, 0.15) is 46.5 Å². The van der Waals surface area contributed by atoms with E-state index in [1.54, 1.807) is 0 Å². The summed E-state index contributed by atoms with van der Waals surface area (Å²) in [5.41, 5.74) is 0.549. The predicted octanol–water partition coefficient (Wildman–Crippen LogP) is 2.91. The van der Waals surface area contributed by atoms with E-state index < -0.39 is 0 Å². The van der Waals surface area contributed by atoms with Crippen LogP contribution in [0.3, 0.4) is 0 Å². The number of thioether (sulfide) groups is 1. The molecule has 1 rings (SSSR count). The predicted molar refractivity (Wildman–Crippen MR) is 77.6 cm³/mol. The van der Waals surface area contributed by atoms with Crippen molar-refractivity contribution < 1.29 is 5.11 Å². The van der Waals surface area contributed by atoms with Gasteiger partial charge in [0.1, 0.15) is 0 Å². The number of hydrogen-bond acceptors (Lipinski definition) is 3. The van der Waals surface area contributed by atoms with Crippen LogP contribution < -0.4 is 5.32 Å². The van der Waals surface area contributed by atoms with Crippen LogP contribution in [-0.4, -0.2) is 35.8 Å². The van der Waals surface area contributed by atoms with Gasteiger partial charge in [-0.15, -0.1) is 0 Å². The van der Waals surface area contributed by atoms with Crippen LogP contribution in [0.4, 0.5) is 0 Å². The van der Waals surface area contributed by atoms with E-state index in [9.17, 15) is 0 Å². The molecule has 1 aliphatic rings. The second-order valence-corrected chi connectivity index (χ2v) is 7.36. The fourth-order valence-corrected chi connectivity index (χ4v) is 3.63. The molecule has 17 heavy (non-hydrogen) atoms. The molecule has 0 amide bonds. The first-order valence-corrected chi connectivity index (χ1v) is 8.12. The van der Waals surface area contributed by atoms with Gasteiger partial charge in [0.2, 0.25) is 0 Å². The third kappa shape index (κ3) is 6.12. The molecule has 2 unspecified atom stereocenters. The third-order valence-corrected chi connectivity index (χ3v) is 4.86. The monoisotopic (exact) mass is 259 g/mol. The zero-order chi connectivity index (χ0) is 12.7. The Bertz CT molecular complexity index is 208. The van der Waals surface area contributed by atoms with E-state index in [1.165, 1.54) is 25.0 Å². The molecule has 102 valence electrons. The lowest BCUT2D eigenvalue weighted by molar-refractivity contribution is 0.150. The third-order valence-electron chi connectivity index (χ3n) is 3.79. The van der Waals surface area contributed by atoms with Crippen molar-refractivity contribution in [3.8, 4) is 0 Å². The first-order valence-electron chi connectivity index (χ1n) is 6.97. The molecule has 0 aromatic carbocycles. The Morgan fingerprint density at radius 2 is 2.12 bits per heavy atom. The van der Waals surface area contributed by atoms with Crippen molar-refractivity contribution in [2.45, 2.75) is 52.5 Å². The molecule has 0 saturated heterocycles. The van der Waals surface area contributed by atoms with Crippen molar-refractivity contribution in [2.75, 3.05) is 24.7 Å². The van der Waals surface area contributed by atoms with Gasteiger partial charge in [-0.3, -0.25) is 0 Å². The fourth-order valence-electron chi connectivity index (χ4n) is 2.84. The first-order chi connectivity index (χ1) is 8.05. The van der Waals surface area contributed by atoms with Crippen LogP contribution in [0.25, 0.3) is 0 Å². The minimum Gasteiger partial charge on any atom is -0.396 e. The molecule has 0 aromatic heterocycles. The van der Waals surface area contributed by atoms with E-state index in [4.69, 9.17) is 5.11 Å². The lowest BCUT2D eigenvalue weighted by Crippen LogP contribution is -2.42. The normalized spacial score (nSPS) is 28.2. The van der Waals surface area contributed by atoms with E-state index in [2.05, 4.69) is 26.1 Å². The van der Waals surface area contributed by atoms with Crippen LogP contribution in [0.5, 0.6) is 0 Å². The van der Waals surface area contributed by atoms with Crippen LogP contribution >= 0.6 is 11.8 Å². The number of aliphatic hydroxyl groups is 1. The van der Waals surface area contributed by atoms with Crippen LogP contribution in [0.2, 0.25) is 0 Å². The summed E-state index contributed by atoms with van der Waals surface area (Å²) in [5.74, 6) is 3.07. The van der Waals surface area contributed by atoms with Gasteiger partial charge in [-0.1, -0.05) is 20.8 Å². The first kappa shape index (κ1) is 15.3. The molecule has 0 aromatic rings. The maximum absolute atomic E-state index is 8.68. The summed E-state index contributed by atoms with van der Waals surface area (Å²) in [5, 5.41) is 12.4. The van der Waals surface area contributed by atoms with Gasteiger partial charge in [0.25, 0.3) is 0 Å². The van der Waals surface area contributed by atoms with Crippen molar-refractivity contribution in [1.82, 2.24) is 5.32 Å². The van der Waals surface area contributed by atoms with E-state index in [0.717, 1.165) is 30.7 Å². The molecular weight excluding hydrogens is 230 g/mol. The number of aliphatic hydroxyl groups excluding tert-OH is 1. The Kier molecular flexibility index (Phi) is 6.90. The molecule has 1 fully saturated rings. The highest BCUT2D eigenvalue weighted by atomic mass is 32.2. The Balaban J connectivity index is 2.08. The molecular formula is C14H29NOS. The van der Waals surface area contributed by atoms with Crippen LogP contribution in [0.15, 0.2) is 0 Å². The Morgan fingerprint density at radius 1 is 1.35 bits per heavy atom. The lowest BCUT2D eigenvalue weighted by atomic mass is 9.70. The Hall–Kier alpha value is 0.270. The van der Waals surface area contributed by atoms with Gasteiger partial charge < -0.3 is 10.4 Å². The summed E-state index contributed by atoms with van der Waals surface area (Å²) in [4.78, 5) is 0. The summed E-state index contributed by atoms with van der Waals surface area (Å²) in [6, 6.07) is 0.724. The lowest BCUT2D eigenvalue weighted by Gasteiger charge is -2.39. The number of nitrogens with one attached hydrogen (secondary N) is 1. The van der Waals surface area contributed by atoms with Gasteiger partial charge >= 0.3 is 0 Å². The van der Waals surface area contributed by atoms with Gasteiger partial charge in [-0.2, -0.15) is 11.8 Å². The van der Waals surface area contributed by atoms with Crippen molar-refractivity contribution in [3.63, 3.8) is 0 Å². The molecule has 1 aliphatic carbocycles. The molecule has 0 aliphatic heterocycles. The standard InChI is InChI=1S/C14H29NOS/c1-12-11-14(2,3)6-5-13(12)15-7-10-17-9-4-8-16/h12-13,15-16H,4-11H2,1-3H3. The summed E-state index contributed by atoms with van der Waals surface area (Å²) >= 11 is 1.94. The highest BCUT2D eigenvalue weighted by Gasteiger charge is 2.31. The highest BCUT2D eigenvalue weighted by Crippen LogP contribution is 2.38. The Morgan fingerprint density at radius 3 is 2.76 bits per heavy atom. The second kappa shape index (κ2) is 7.65. The molecule has 0 heterocycles. The number of rotatable bonds is 7. The van der Waals surface area contributed by atoms with E-state index in [0.29, 0.717) is 12.0 Å². The minimum absolute atomic E-state index is 0.329. The van der Waals surface area contributed by atoms with Gasteiger partial charge in [0.15, 0.2) is 0 Å². The summed E-state index contributed by atoms with van der Waals surface area (Å²) < 4.78 is 0. The molecule has 0 spiro atoms. The molecule has 2 nitrogen and oxygen atoms in total. The van der Waals surface area contributed by atoms with Gasteiger partial charge in [0, 0.05) is 24.9 Å². The van der Waals surface area contributed by atoms with Crippen molar-refractivity contribution in [2.24, 2.45) is 11.3 Å². The average molecular weight is 259 g/mol. The second-order valence-electron chi connectivity index (χ2n) is 6.13. The summed E-state index contributed by atoms with van der Waals surface area (Å²) in [6.45, 7) is 8.62. The van der Waals surface area contributed by atoms with Crippen LogP contribution in [0, 0.1) is 11.3 Å². The fraction of sp³-hybridized carbons (Fsp3) is 1.00. The summed E-state index contributed by atoms with van der Waals surface area (Å²) in [7, 11) is 0. The molecule has 0 radical (unpaired) electrons. The highest BCUT2D eigenvalue weighted by molar-refractivity contribution is 7.99. The smallest absolute Gasteiger partial charge is 0.0438 e. The number of hydrogen-bond donors (Lipinski definition) is 2. The minimum atomic E-state index is 0.329.